The molecule has 262 valence electrons. The fraction of sp³-hybridized carbons (Fsp3) is 0.381. The van der Waals surface area contributed by atoms with Crippen LogP contribution in [0.4, 0.5) is 11.4 Å². The van der Waals surface area contributed by atoms with E-state index < -0.39 is 0 Å². The van der Waals surface area contributed by atoms with Crippen LogP contribution >= 0.6 is 31.9 Å². The molecule has 0 saturated carbocycles. The first kappa shape index (κ1) is 39.2. The molecule has 50 heavy (non-hydrogen) atoms. The predicted octanol–water partition coefficient (Wildman–Crippen LogP) is 13.9. The highest BCUT2D eigenvalue weighted by Crippen LogP contribution is 2.41. The molecule has 0 bridgehead atoms. The van der Waals surface area contributed by atoms with Gasteiger partial charge in [0.05, 0.1) is 23.8 Å². The maximum absolute atomic E-state index is 13.3. The van der Waals surface area contributed by atoms with Crippen molar-refractivity contribution < 1.29 is 9.59 Å². The number of nitrogens with zero attached hydrogens (tertiary/aromatic N) is 4. The first-order chi connectivity index (χ1) is 22.9. The minimum absolute atomic E-state index is 0.0868. The summed E-state index contributed by atoms with van der Waals surface area (Å²) in [6.07, 6.45) is 11.1. The summed E-state index contributed by atoms with van der Waals surface area (Å²) in [6.45, 7) is 24.6. The summed E-state index contributed by atoms with van der Waals surface area (Å²) in [5, 5.41) is 17.9. The molecule has 0 aliphatic heterocycles. The summed E-state index contributed by atoms with van der Waals surface area (Å²) >= 11 is 7.28. The van der Waals surface area contributed by atoms with Crippen molar-refractivity contribution in [3.05, 3.63) is 115 Å². The van der Waals surface area contributed by atoms with Crippen LogP contribution < -0.4 is 0 Å². The highest BCUT2D eigenvalue weighted by atomic mass is 79.9. The minimum Gasteiger partial charge on any atom is -0.289 e. The van der Waals surface area contributed by atoms with Crippen LogP contribution in [0.2, 0.25) is 0 Å². The number of benzene rings is 2. The van der Waals surface area contributed by atoms with E-state index in [1.807, 2.05) is 60.7 Å². The van der Waals surface area contributed by atoms with Gasteiger partial charge in [0.15, 0.2) is 11.6 Å². The number of ketones is 2. The van der Waals surface area contributed by atoms with Gasteiger partial charge in [0.25, 0.3) is 0 Å². The monoisotopic (exact) mass is 798 g/mol. The summed E-state index contributed by atoms with van der Waals surface area (Å²) in [6, 6.07) is 11.8. The second-order valence-electron chi connectivity index (χ2n) is 17.0. The van der Waals surface area contributed by atoms with Gasteiger partial charge in [0.2, 0.25) is 0 Å². The first-order valence-corrected chi connectivity index (χ1v) is 18.3. The van der Waals surface area contributed by atoms with Crippen LogP contribution in [0.15, 0.2) is 136 Å². The normalized spacial score (nSPS) is 16.5. The molecule has 0 amide bonds. The SMILES string of the molecule is CC(C)(C)C1=CC(=C/N=N/c2cc(Br)cc(-c3cc(Br)cc(/N=N/C=C4C=C(C(C)(C)C)C(=O)C(C(C)(C)C)=C4)c3)c2)C=C(C(C)(C)C)C1=O. The van der Waals surface area contributed by atoms with E-state index in [1.54, 1.807) is 12.4 Å². The van der Waals surface area contributed by atoms with Crippen LogP contribution in [0.3, 0.4) is 0 Å². The van der Waals surface area contributed by atoms with Gasteiger partial charge in [-0.15, -0.1) is 0 Å². The van der Waals surface area contributed by atoms with Crippen molar-refractivity contribution in [1.82, 2.24) is 0 Å². The maximum Gasteiger partial charge on any atom is 0.186 e. The van der Waals surface area contributed by atoms with E-state index in [9.17, 15) is 9.59 Å². The molecule has 0 heterocycles. The molecule has 8 heteroatoms. The van der Waals surface area contributed by atoms with Crippen LogP contribution in [0, 0.1) is 21.7 Å². The van der Waals surface area contributed by atoms with Crippen LogP contribution in [0.25, 0.3) is 11.1 Å². The lowest BCUT2D eigenvalue weighted by Crippen LogP contribution is -2.27. The predicted molar refractivity (Wildman–Crippen MR) is 213 cm³/mol. The zero-order valence-corrected chi connectivity index (χ0v) is 34.5. The van der Waals surface area contributed by atoms with Gasteiger partial charge in [0.1, 0.15) is 0 Å². The standard InChI is InChI=1S/C42H48Br2N4O2/c1-39(2,3)33-13-25(14-34(37(33)49)40(4,5)6)23-45-47-31-19-27(17-29(43)21-31)28-18-30(44)22-32(20-28)48-46-24-26-15-35(41(7,8)9)38(50)36(16-26)42(10,11)12/h13-24H,1-12H3/b47-45+,48-46+. The second-order valence-corrected chi connectivity index (χ2v) is 18.8. The molecule has 0 aromatic heterocycles. The Bertz CT molecular complexity index is 1760. The lowest BCUT2D eigenvalue weighted by Gasteiger charge is -2.31. The van der Waals surface area contributed by atoms with Gasteiger partial charge < -0.3 is 0 Å². The van der Waals surface area contributed by atoms with E-state index in [1.165, 1.54) is 0 Å². The summed E-state index contributed by atoms with van der Waals surface area (Å²) in [5.74, 6) is 0.174. The van der Waals surface area contributed by atoms with Gasteiger partial charge in [-0.2, -0.15) is 20.5 Å². The summed E-state index contributed by atoms with van der Waals surface area (Å²) in [5.41, 5.74) is 6.72. The van der Waals surface area contributed by atoms with Crippen LogP contribution in [-0.4, -0.2) is 11.6 Å². The quantitative estimate of drug-likeness (QED) is 0.282. The lowest BCUT2D eigenvalue weighted by molar-refractivity contribution is -0.114. The zero-order valence-electron chi connectivity index (χ0n) is 31.3. The Balaban J connectivity index is 1.65. The average Bonchev–Trinajstić information content (AvgIpc) is 2.95. The minimum atomic E-state index is -0.299. The molecule has 0 unspecified atom stereocenters. The van der Waals surface area contributed by atoms with Crippen molar-refractivity contribution >= 4 is 54.8 Å². The lowest BCUT2D eigenvalue weighted by atomic mass is 9.72. The fourth-order valence-corrected chi connectivity index (χ4v) is 6.56. The number of hydrogen-bond acceptors (Lipinski definition) is 6. The van der Waals surface area contributed by atoms with E-state index in [4.69, 9.17) is 0 Å². The molecule has 2 aliphatic carbocycles. The maximum atomic E-state index is 13.3. The van der Waals surface area contributed by atoms with Gasteiger partial charge >= 0.3 is 0 Å². The summed E-state index contributed by atoms with van der Waals surface area (Å²) in [4.78, 5) is 26.6. The van der Waals surface area contributed by atoms with Crippen LogP contribution in [0.1, 0.15) is 83.1 Å². The number of carbonyl (C=O) groups excluding carboxylic acids is 2. The highest BCUT2D eigenvalue weighted by Gasteiger charge is 2.35. The van der Waals surface area contributed by atoms with Crippen molar-refractivity contribution in [3.63, 3.8) is 0 Å². The smallest absolute Gasteiger partial charge is 0.186 e. The van der Waals surface area contributed by atoms with Crippen LogP contribution in [-0.2, 0) is 9.59 Å². The first-order valence-electron chi connectivity index (χ1n) is 16.8. The van der Waals surface area contributed by atoms with Crippen molar-refractivity contribution in [3.8, 4) is 11.1 Å². The van der Waals surface area contributed by atoms with Crippen molar-refractivity contribution in [1.29, 1.82) is 0 Å². The van der Waals surface area contributed by atoms with E-state index in [0.29, 0.717) is 11.4 Å². The largest absolute Gasteiger partial charge is 0.289 e. The number of Topliss-reactive ketones (excluding diaryl/α,β-unsaturated/α-hetero) is 2. The molecule has 0 atom stereocenters. The Hall–Kier alpha value is -3.62. The van der Waals surface area contributed by atoms with Gasteiger partial charge in [-0.1, -0.05) is 115 Å². The highest BCUT2D eigenvalue weighted by molar-refractivity contribution is 9.10. The molecule has 2 aliphatic rings. The van der Waals surface area contributed by atoms with Gasteiger partial charge in [-0.3, -0.25) is 9.59 Å². The number of azo groups is 2. The molecule has 2 aromatic carbocycles. The third-order valence-electron chi connectivity index (χ3n) is 8.31. The zero-order chi connectivity index (χ0) is 37.4. The van der Waals surface area contributed by atoms with Gasteiger partial charge in [-0.05, 0) is 105 Å². The molecule has 0 saturated heterocycles. The molecule has 2 aromatic rings. The van der Waals surface area contributed by atoms with Crippen molar-refractivity contribution in [2.75, 3.05) is 0 Å². The van der Waals surface area contributed by atoms with E-state index in [2.05, 4.69) is 135 Å². The van der Waals surface area contributed by atoms with Crippen molar-refractivity contribution in [2.24, 2.45) is 42.1 Å². The van der Waals surface area contributed by atoms with Gasteiger partial charge in [-0.25, -0.2) is 0 Å². The molecule has 0 fully saturated rings. The number of hydrogen-bond donors (Lipinski definition) is 0. The topological polar surface area (TPSA) is 83.6 Å². The average molecular weight is 801 g/mol. The summed E-state index contributed by atoms with van der Waals surface area (Å²) in [7, 11) is 0. The fourth-order valence-electron chi connectivity index (χ4n) is 5.60. The Kier molecular flexibility index (Phi) is 11.4. The van der Waals surface area contributed by atoms with E-state index in [-0.39, 0.29) is 33.2 Å². The summed E-state index contributed by atoms with van der Waals surface area (Å²) < 4.78 is 1.71. The van der Waals surface area contributed by atoms with E-state index in [0.717, 1.165) is 53.5 Å². The number of rotatable bonds is 5. The number of carbonyl (C=O) groups is 2. The van der Waals surface area contributed by atoms with Crippen LogP contribution in [0.5, 0.6) is 0 Å². The second kappa shape index (κ2) is 14.5. The Morgan fingerprint density at radius 3 is 1.00 bits per heavy atom. The molecule has 4 rings (SSSR count). The molecular formula is C42H48Br2N4O2. The van der Waals surface area contributed by atoms with E-state index >= 15 is 0 Å². The molecular weight excluding hydrogens is 752 g/mol. The van der Waals surface area contributed by atoms with Gasteiger partial charge in [0, 0.05) is 31.2 Å². The Morgan fingerprint density at radius 1 is 0.460 bits per heavy atom. The molecule has 0 N–H and O–H groups in total. The molecule has 6 nitrogen and oxygen atoms in total. The number of allylic oxidation sites excluding steroid dienone is 10. The van der Waals surface area contributed by atoms with Crippen molar-refractivity contribution in [2.45, 2.75) is 83.1 Å². The number of halogens is 2. The Labute approximate surface area is 314 Å². The Morgan fingerprint density at radius 2 is 0.740 bits per heavy atom. The third kappa shape index (κ3) is 9.79. The third-order valence-corrected chi connectivity index (χ3v) is 9.23. The molecule has 0 radical (unpaired) electrons. The molecule has 0 spiro atoms.